The van der Waals surface area contributed by atoms with E-state index in [1.165, 1.54) is 11.0 Å². The van der Waals surface area contributed by atoms with Gasteiger partial charge in [-0.05, 0) is 18.2 Å². The highest BCUT2D eigenvalue weighted by Crippen LogP contribution is 2.24. The molecule has 0 fully saturated rings. The first-order valence-electron chi connectivity index (χ1n) is 6.38. The average molecular weight is 322 g/mol. The lowest BCUT2D eigenvalue weighted by atomic mass is 10.2. The van der Waals surface area contributed by atoms with E-state index in [4.69, 9.17) is 22.4 Å². The standard InChI is InChI=1S/C13H18ClF2N3O2/c14-10-7-9(17)1-2-11(10)18-13(21)3-4-19(5-6-20)8-12(15)16/h1-2,7,12,20H,3-6,8,17H2,(H,18,21). The van der Waals surface area contributed by atoms with Crippen molar-refractivity contribution < 1.29 is 18.7 Å². The van der Waals surface area contributed by atoms with Crippen LogP contribution in [0.1, 0.15) is 6.42 Å². The number of hydrogen-bond donors (Lipinski definition) is 3. The number of amides is 1. The van der Waals surface area contributed by atoms with Crippen LogP contribution in [0.15, 0.2) is 18.2 Å². The first-order valence-corrected chi connectivity index (χ1v) is 6.76. The molecular formula is C13H18ClF2N3O2. The number of aliphatic hydroxyl groups is 1. The quantitative estimate of drug-likeness (QED) is 0.638. The number of nitrogens with zero attached hydrogens (tertiary/aromatic N) is 1. The van der Waals surface area contributed by atoms with Gasteiger partial charge in [0.05, 0.1) is 23.9 Å². The van der Waals surface area contributed by atoms with Gasteiger partial charge < -0.3 is 16.2 Å². The number of aliphatic hydroxyl groups excluding tert-OH is 1. The maximum atomic E-state index is 12.3. The molecule has 0 bridgehead atoms. The minimum atomic E-state index is -2.51. The predicted octanol–water partition coefficient (Wildman–Crippen LogP) is 1.81. The van der Waals surface area contributed by atoms with Crippen LogP contribution >= 0.6 is 11.6 Å². The zero-order valence-corrected chi connectivity index (χ0v) is 12.1. The van der Waals surface area contributed by atoms with Gasteiger partial charge in [-0.1, -0.05) is 11.6 Å². The number of anilines is 2. The lowest BCUT2D eigenvalue weighted by molar-refractivity contribution is -0.116. The summed E-state index contributed by atoms with van der Waals surface area (Å²) in [5, 5.41) is 11.7. The highest BCUT2D eigenvalue weighted by Gasteiger charge is 2.13. The van der Waals surface area contributed by atoms with E-state index in [1.54, 1.807) is 12.1 Å². The molecule has 0 atom stereocenters. The highest BCUT2D eigenvalue weighted by molar-refractivity contribution is 6.34. The normalized spacial score (nSPS) is 11.1. The Bertz CT molecular complexity index is 475. The molecule has 118 valence electrons. The largest absolute Gasteiger partial charge is 0.399 e. The third kappa shape index (κ3) is 6.70. The van der Waals surface area contributed by atoms with Crippen LogP contribution in [0, 0.1) is 0 Å². The van der Waals surface area contributed by atoms with Crippen molar-refractivity contribution in [2.75, 3.05) is 37.3 Å². The summed E-state index contributed by atoms with van der Waals surface area (Å²) < 4.78 is 24.6. The summed E-state index contributed by atoms with van der Waals surface area (Å²) in [6.45, 7) is -0.488. The van der Waals surface area contributed by atoms with Crippen molar-refractivity contribution >= 4 is 28.9 Å². The number of carbonyl (C=O) groups is 1. The van der Waals surface area contributed by atoms with E-state index in [1.807, 2.05) is 0 Å². The van der Waals surface area contributed by atoms with E-state index in [0.29, 0.717) is 16.4 Å². The van der Waals surface area contributed by atoms with E-state index in [9.17, 15) is 13.6 Å². The second kappa shape index (κ2) is 8.76. The summed E-state index contributed by atoms with van der Waals surface area (Å²) in [5.74, 6) is -0.348. The van der Waals surface area contributed by atoms with Crippen LogP contribution in [0.25, 0.3) is 0 Å². The first-order chi connectivity index (χ1) is 9.92. The van der Waals surface area contributed by atoms with Gasteiger partial charge in [-0.3, -0.25) is 9.69 Å². The van der Waals surface area contributed by atoms with Crippen LogP contribution in [0.5, 0.6) is 0 Å². The fourth-order valence-electron chi connectivity index (χ4n) is 1.74. The molecule has 0 aliphatic carbocycles. The van der Waals surface area contributed by atoms with Crippen LogP contribution in [0.4, 0.5) is 20.2 Å². The van der Waals surface area contributed by atoms with Gasteiger partial charge in [0.15, 0.2) is 0 Å². The zero-order valence-electron chi connectivity index (χ0n) is 11.4. The molecule has 0 aliphatic rings. The van der Waals surface area contributed by atoms with Crippen molar-refractivity contribution in [3.63, 3.8) is 0 Å². The molecule has 1 aromatic carbocycles. The van der Waals surface area contributed by atoms with Crippen LogP contribution in [-0.4, -0.2) is 48.6 Å². The van der Waals surface area contributed by atoms with Crippen molar-refractivity contribution in [2.45, 2.75) is 12.8 Å². The molecule has 0 saturated carbocycles. The van der Waals surface area contributed by atoms with Crippen LogP contribution in [0.2, 0.25) is 5.02 Å². The molecule has 0 aliphatic heterocycles. The Labute approximate surface area is 126 Å². The minimum absolute atomic E-state index is 0.0213. The second-order valence-corrected chi connectivity index (χ2v) is 4.86. The van der Waals surface area contributed by atoms with Crippen LogP contribution in [-0.2, 0) is 4.79 Å². The van der Waals surface area contributed by atoms with E-state index >= 15 is 0 Å². The van der Waals surface area contributed by atoms with Crippen molar-refractivity contribution in [3.05, 3.63) is 23.2 Å². The molecule has 1 amide bonds. The van der Waals surface area contributed by atoms with Gasteiger partial charge in [0.25, 0.3) is 6.43 Å². The summed E-state index contributed by atoms with van der Waals surface area (Å²) >= 11 is 5.92. The van der Waals surface area contributed by atoms with Gasteiger partial charge in [0.1, 0.15) is 0 Å². The lowest BCUT2D eigenvalue weighted by Crippen LogP contribution is -2.34. The Hall–Kier alpha value is -1.44. The van der Waals surface area contributed by atoms with Gasteiger partial charge in [0, 0.05) is 25.2 Å². The van der Waals surface area contributed by atoms with Crippen molar-refractivity contribution in [3.8, 4) is 0 Å². The summed E-state index contributed by atoms with van der Waals surface area (Å²) in [7, 11) is 0. The third-order valence-electron chi connectivity index (χ3n) is 2.73. The molecule has 0 aromatic heterocycles. The fourth-order valence-corrected chi connectivity index (χ4v) is 1.97. The molecule has 0 heterocycles. The summed E-state index contributed by atoms with van der Waals surface area (Å²) in [6, 6.07) is 4.67. The maximum absolute atomic E-state index is 12.3. The molecule has 8 heteroatoms. The van der Waals surface area contributed by atoms with Gasteiger partial charge >= 0.3 is 0 Å². The number of rotatable bonds is 8. The Kier molecular flexibility index (Phi) is 7.35. The molecule has 4 N–H and O–H groups in total. The number of nitrogens with two attached hydrogens (primary N) is 1. The molecule has 21 heavy (non-hydrogen) atoms. The second-order valence-electron chi connectivity index (χ2n) is 4.45. The molecule has 0 saturated heterocycles. The smallest absolute Gasteiger partial charge is 0.251 e. The van der Waals surface area contributed by atoms with Gasteiger partial charge in [-0.25, -0.2) is 8.78 Å². The SMILES string of the molecule is Nc1ccc(NC(=O)CCN(CCO)CC(F)F)c(Cl)c1. The molecule has 5 nitrogen and oxygen atoms in total. The Morgan fingerprint density at radius 2 is 2.14 bits per heavy atom. The lowest BCUT2D eigenvalue weighted by Gasteiger charge is -2.20. The highest BCUT2D eigenvalue weighted by atomic mass is 35.5. The average Bonchev–Trinajstić information content (AvgIpc) is 2.39. The molecular weight excluding hydrogens is 304 g/mol. The number of hydrogen-bond acceptors (Lipinski definition) is 4. The fraction of sp³-hybridized carbons (Fsp3) is 0.462. The van der Waals surface area contributed by atoms with Gasteiger partial charge in [-0.2, -0.15) is 0 Å². The summed E-state index contributed by atoms with van der Waals surface area (Å²) in [6.07, 6.45) is -2.49. The number of halogens is 3. The first kappa shape index (κ1) is 17.6. The molecule has 0 radical (unpaired) electrons. The topological polar surface area (TPSA) is 78.6 Å². The van der Waals surface area contributed by atoms with Gasteiger partial charge in [0.2, 0.25) is 5.91 Å². The van der Waals surface area contributed by atoms with Crippen molar-refractivity contribution in [1.29, 1.82) is 0 Å². The molecule has 0 unspecified atom stereocenters. The van der Waals surface area contributed by atoms with E-state index < -0.39 is 13.0 Å². The summed E-state index contributed by atoms with van der Waals surface area (Å²) in [4.78, 5) is 13.1. The summed E-state index contributed by atoms with van der Waals surface area (Å²) in [5.41, 5.74) is 6.43. The van der Waals surface area contributed by atoms with Crippen molar-refractivity contribution in [1.82, 2.24) is 4.90 Å². The van der Waals surface area contributed by atoms with E-state index in [-0.39, 0.29) is 32.0 Å². The number of carbonyl (C=O) groups excluding carboxylic acids is 1. The molecule has 0 spiro atoms. The van der Waals surface area contributed by atoms with Gasteiger partial charge in [-0.15, -0.1) is 0 Å². The number of benzene rings is 1. The van der Waals surface area contributed by atoms with Crippen LogP contribution < -0.4 is 11.1 Å². The number of nitrogens with one attached hydrogen (secondary N) is 1. The molecule has 1 rings (SSSR count). The predicted molar refractivity (Wildman–Crippen MR) is 78.6 cm³/mol. The number of alkyl halides is 2. The van der Waals surface area contributed by atoms with Crippen molar-refractivity contribution in [2.24, 2.45) is 0 Å². The van der Waals surface area contributed by atoms with E-state index in [2.05, 4.69) is 5.32 Å². The monoisotopic (exact) mass is 321 g/mol. The molecule has 1 aromatic rings. The maximum Gasteiger partial charge on any atom is 0.251 e. The Morgan fingerprint density at radius 1 is 1.43 bits per heavy atom. The van der Waals surface area contributed by atoms with Crippen LogP contribution in [0.3, 0.4) is 0 Å². The Balaban J connectivity index is 2.48. The Morgan fingerprint density at radius 3 is 2.71 bits per heavy atom. The minimum Gasteiger partial charge on any atom is -0.399 e. The van der Waals surface area contributed by atoms with E-state index in [0.717, 1.165) is 0 Å². The zero-order chi connectivity index (χ0) is 15.8. The third-order valence-corrected chi connectivity index (χ3v) is 3.05. The number of nitrogen functional groups attached to an aromatic ring is 1.